The fraction of sp³-hybridized carbons (Fsp3) is 1.00. The average Bonchev–Trinajstić information content (AvgIpc) is 2.41. The van der Waals surface area contributed by atoms with Gasteiger partial charge in [-0.05, 0) is 46.1 Å². The van der Waals surface area contributed by atoms with E-state index >= 15 is 0 Å². The molecule has 0 saturated carbocycles. The highest BCUT2D eigenvalue weighted by molar-refractivity contribution is 4.78. The second kappa shape index (κ2) is 11.7. The molecule has 2 atom stereocenters. The maximum atomic E-state index is 5.27. The number of hydrogen-bond donors (Lipinski definition) is 1. The van der Waals surface area contributed by atoms with Crippen molar-refractivity contribution in [1.82, 2.24) is 10.2 Å². The Morgan fingerprint density at radius 2 is 1.74 bits per heavy atom. The Morgan fingerprint density at radius 3 is 2.21 bits per heavy atom. The summed E-state index contributed by atoms with van der Waals surface area (Å²) in [5, 5.41) is 3.59. The zero-order valence-electron chi connectivity index (χ0n) is 14.0. The van der Waals surface area contributed by atoms with Crippen LogP contribution in [0.4, 0.5) is 0 Å². The molecule has 0 aliphatic rings. The van der Waals surface area contributed by atoms with Crippen LogP contribution in [-0.4, -0.2) is 49.8 Å². The molecule has 3 nitrogen and oxygen atoms in total. The van der Waals surface area contributed by atoms with Crippen LogP contribution in [0.15, 0.2) is 0 Å². The maximum Gasteiger partial charge on any atom is 0.0589 e. The van der Waals surface area contributed by atoms with Gasteiger partial charge in [-0.25, -0.2) is 0 Å². The van der Waals surface area contributed by atoms with Gasteiger partial charge in [0.25, 0.3) is 0 Å². The van der Waals surface area contributed by atoms with Crippen LogP contribution in [0.25, 0.3) is 0 Å². The summed E-state index contributed by atoms with van der Waals surface area (Å²) >= 11 is 0. The van der Waals surface area contributed by atoms with Crippen LogP contribution < -0.4 is 5.32 Å². The summed E-state index contributed by atoms with van der Waals surface area (Å²) in [6.07, 6.45) is 4.86. The minimum Gasteiger partial charge on any atom is -0.383 e. The number of nitrogens with one attached hydrogen (secondary N) is 1. The molecule has 0 aromatic heterocycles. The highest BCUT2D eigenvalue weighted by atomic mass is 16.5. The molecule has 0 amide bonds. The van der Waals surface area contributed by atoms with Crippen molar-refractivity contribution in [1.29, 1.82) is 0 Å². The predicted octanol–water partition coefficient (Wildman–Crippen LogP) is 3.29. The third-order valence-corrected chi connectivity index (χ3v) is 3.97. The largest absolute Gasteiger partial charge is 0.383 e. The molecular formula is C16H36N2O. The van der Waals surface area contributed by atoms with Crippen LogP contribution in [0.3, 0.4) is 0 Å². The molecule has 116 valence electrons. The van der Waals surface area contributed by atoms with E-state index in [2.05, 4.69) is 44.8 Å². The monoisotopic (exact) mass is 272 g/mol. The summed E-state index contributed by atoms with van der Waals surface area (Å²) in [5.41, 5.74) is 0. The fourth-order valence-electron chi connectivity index (χ4n) is 2.84. The van der Waals surface area contributed by atoms with E-state index in [4.69, 9.17) is 4.74 Å². The molecule has 0 spiro atoms. The summed E-state index contributed by atoms with van der Waals surface area (Å²) < 4.78 is 5.27. The van der Waals surface area contributed by atoms with Gasteiger partial charge in [-0.1, -0.05) is 20.8 Å². The second-order valence-corrected chi connectivity index (χ2v) is 5.64. The van der Waals surface area contributed by atoms with Crippen molar-refractivity contribution in [2.75, 3.05) is 26.8 Å². The SMILES string of the molecule is CCCNC(C)CC(C)N(CCOC)C(CC)CC. The molecule has 19 heavy (non-hydrogen) atoms. The summed E-state index contributed by atoms with van der Waals surface area (Å²) in [5.74, 6) is 0. The molecule has 1 N–H and O–H groups in total. The van der Waals surface area contributed by atoms with Crippen LogP contribution in [0.5, 0.6) is 0 Å². The van der Waals surface area contributed by atoms with Gasteiger partial charge in [0.05, 0.1) is 6.61 Å². The minimum atomic E-state index is 0.592. The summed E-state index contributed by atoms with van der Waals surface area (Å²) in [7, 11) is 1.79. The zero-order valence-corrected chi connectivity index (χ0v) is 14.0. The highest BCUT2D eigenvalue weighted by Gasteiger charge is 2.22. The van der Waals surface area contributed by atoms with Gasteiger partial charge < -0.3 is 10.1 Å². The van der Waals surface area contributed by atoms with Crippen molar-refractivity contribution in [3.8, 4) is 0 Å². The summed E-state index contributed by atoms with van der Waals surface area (Å²) in [6.45, 7) is 14.5. The molecule has 0 aromatic rings. The lowest BCUT2D eigenvalue weighted by Crippen LogP contribution is -2.45. The first-order valence-corrected chi connectivity index (χ1v) is 8.08. The normalized spacial score (nSPS) is 15.2. The van der Waals surface area contributed by atoms with Crippen molar-refractivity contribution < 1.29 is 4.74 Å². The fourth-order valence-corrected chi connectivity index (χ4v) is 2.84. The Kier molecular flexibility index (Phi) is 11.6. The van der Waals surface area contributed by atoms with Crippen molar-refractivity contribution >= 4 is 0 Å². The predicted molar refractivity (Wildman–Crippen MR) is 84.8 cm³/mol. The molecule has 2 unspecified atom stereocenters. The van der Waals surface area contributed by atoms with E-state index in [0.29, 0.717) is 18.1 Å². The third-order valence-electron chi connectivity index (χ3n) is 3.97. The molecule has 3 heteroatoms. The molecule has 0 bridgehead atoms. The highest BCUT2D eigenvalue weighted by Crippen LogP contribution is 2.16. The molecule has 0 aliphatic heterocycles. The van der Waals surface area contributed by atoms with E-state index in [0.717, 1.165) is 19.7 Å². The quantitative estimate of drug-likeness (QED) is 0.590. The third kappa shape index (κ3) is 7.91. The number of hydrogen-bond acceptors (Lipinski definition) is 3. The average molecular weight is 272 g/mol. The molecular weight excluding hydrogens is 236 g/mol. The summed E-state index contributed by atoms with van der Waals surface area (Å²) in [6, 6.07) is 1.89. The smallest absolute Gasteiger partial charge is 0.0589 e. The van der Waals surface area contributed by atoms with Gasteiger partial charge in [0, 0.05) is 31.8 Å². The van der Waals surface area contributed by atoms with Gasteiger partial charge in [-0.3, -0.25) is 4.90 Å². The van der Waals surface area contributed by atoms with Crippen molar-refractivity contribution in [3.05, 3.63) is 0 Å². The lowest BCUT2D eigenvalue weighted by atomic mass is 10.0. The Bertz CT molecular complexity index is 195. The number of methoxy groups -OCH3 is 1. The first-order chi connectivity index (χ1) is 9.10. The van der Waals surface area contributed by atoms with E-state index in [1.807, 2.05) is 0 Å². The molecule has 0 heterocycles. The van der Waals surface area contributed by atoms with E-state index in [1.165, 1.54) is 25.7 Å². The van der Waals surface area contributed by atoms with E-state index in [1.54, 1.807) is 7.11 Å². The van der Waals surface area contributed by atoms with Crippen LogP contribution >= 0.6 is 0 Å². The van der Waals surface area contributed by atoms with Crippen LogP contribution in [-0.2, 0) is 4.74 Å². The summed E-state index contributed by atoms with van der Waals surface area (Å²) in [4.78, 5) is 2.63. The lowest BCUT2D eigenvalue weighted by Gasteiger charge is -2.37. The van der Waals surface area contributed by atoms with Crippen LogP contribution in [0.2, 0.25) is 0 Å². The van der Waals surface area contributed by atoms with Crippen molar-refractivity contribution in [2.45, 2.75) is 78.4 Å². The number of ether oxygens (including phenoxy) is 1. The van der Waals surface area contributed by atoms with Gasteiger partial charge in [-0.2, -0.15) is 0 Å². The van der Waals surface area contributed by atoms with Gasteiger partial charge in [0.1, 0.15) is 0 Å². The molecule has 0 radical (unpaired) electrons. The molecule has 0 aliphatic carbocycles. The molecule has 0 rings (SSSR count). The zero-order chi connectivity index (χ0) is 14.7. The Labute approximate surface area is 121 Å². The first-order valence-electron chi connectivity index (χ1n) is 8.08. The Morgan fingerprint density at radius 1 is 1.11 bits per heavy atom. The van der Waals surface area contributed by atoms with Crippen LogP contribution in [0.1, 0.15) is 60.3 Å². The number of rotatable bonds is 12. The topological polar surface area (TPSA) is 24.5 Å². The van der Waals surface area contributed by atoms with Gasteiger partial charge in [0.15, 0.2) is 0 Å². The van der Waals surface area contributed by atoms with Crippen LogP contribution in [0, 0.1) is 0 Å². The molecule has 0 saturated heterocycles. The maximum absolute atomic E-state index is 5.27. The molecule has 0 fully saturated rings. The van der Waals surface area contributed by atoms with Gasteiger partial charge >= 0.3 is 0 Å². The standard InChI is InChI=1S/C16H36N2O/c1-7-10-17-14(4)13-15(5)18(11-12-19-6)16(8-2)9-3/h14-17H,7-13H2,1-6H3. The van der Waals surface area contributed by atoms with E-state index < -0.39 is 0 Å². The minimum absolute atomic E-state index is 0.592. The van der Waals surface area contributed by atoms with E-state index in [-0.39, 0.29) is 0 Å². The van der Waals surface area contributed by atoms with E-state index in [9.17, 15) is 0 Å². The lowest BCUT2D eigenvalue weighted by molar-refractivity contribution is 0.0787. The van der Waals surface area contributed by atoms with Gasteiger partial charge in [0.2, 0.25) is 0 Å². The Hall–Kier alpha value is -0.120. The van der Waals surface area contributed by atoms with Crippen molar-refractivity contribution in [2.24, 2.45) is 0 Å². The van der Waals surface area contributed by atoms with Gasteiger partial charge in [-0.15, -0.1) is 0 Å². The number of nitrogens with zero attached hydrogens (tertiary/aromatic N) is 1. The Balaban J connectivity index is 4.38. The first kappa shape index (κ1) is 18.9. The van der Waals surface area contributed by atoms with Crippen molar-refractivity contribution in [3.63, 3.8) is 0 Å². The molecule has 0 aromatic carbocycles. The second-order valence-electron chi connectivity index (χ2n) is 5.64.